The fraction of sp³-hybridized carbons (Fsp3) is 0.391. The largest absolute Gasteiger partial charge is 0.573 e. The number of ether oxygens (including phenoxy) is 2. The summed E-state index contributed by atoms with van der Waals surface area (Å²) < 4.78 is 73.0. The Morgan fingerprint density at radius 1 is 1.17 bits per heavy atom. The molecule has 0 radical (unpaired) electrons. The van der Waals surface area contributed by atoms with E-state index in [4.69, 9.17) is 4.74 Å². The number of anilines is 1. The number of methoxy groups -OCH3 is 1. The third-order valence-corrected chi connectivity index (χ3v) is 6.07. The molecule has 0 spiro atoms. The first-order valence-electron chi connectivity index (χ1n) is 10.7. The third-order valence-electron chi connectivity index (χ3n) is 5.47. The number of carbonyl (C=O) groups is 1. The molecule has 12 heteroatoms. The molecule has 0 aliphatic carbocycles. The highest BCUT2D eigenvalue weighted by Crippen LogP contribution is 2.35. The standard InChI is InChI=1S/C23H26F3N3O5S/c1-4-16-11-19(14-30)29(13-15-5-8-18(9-6-15)28-35(3,31)32)27-22(16)17-7-10-20(33-2)21(12-17)34-23(24,25)26/h5-10,12,14,16,19,28H,4,11,13H2,1-3H3. The van der Waals surface area contributed by atoms with E-state index in [0.717, 1.165) is 18.1 Å². The second-order valence-corrected chi connectivity index (χ2v) is 9.86. The molecular weight excluding hydrogens is 487 g/mol. The van der Waals surface area contributed by atoms with Crippen LogP contribution in [0.25, 0.3) is 0 Å². The number of carbonyl (C=O) groups excluding carboxylic acids is 1. The van der Waals surface area contributed by atoms with Gasteiger partial charge in [0.05, 0.1) is 25.6 Å². The Morgan fingerprint density at radius 3 is 2.40 bits per heavy atom. The van der Waals surface area contributed by atoms with Crippen molar-refractivity contribution in [1.82, 2.24) is 5.01 Å². The molecule has 2 aromatic rings. The van der Waals surface area contributed by atoms with Crippen molar-refractivity contribution in [2.24, 2.45) is 11.0 Å². The second-order valence-electron chi connectivity index (χ2n) is 8.11. The first-order chi connectivity index (χ1) is 16.4. The van der Waals surface area contributed by atoms with Gasteiger partial charge >= 0.3 is 6.36 Å². The van der Waals surface area contributed by atoms with Crippen molar-refractivity contribution < 1.29 is 35.9 Å². The minimum Gasteiger partial charge on any atom is -0.493 e. The van der Waals surface area contributed by atoms with Crippen molar-refractivity contribution in [3.05, 3.63) is 53.6 Å². The summed E-state index contributed by atoms with van der Waals surface area (Å²) in [4.78, 5) is 11.8. The van der Waals surface area contributed by atoms with Crippen molar-refractivity contribution in [3.8, 4) is 11.5 Å². The van der Waals surface area contributed by atoms with Crippen molar-refractivity contribution >= 4 is 27.7 Å². The number of benzene rings is 2. The van der Waals surface area contributed by atoms with Gasteiger partial charge in [0.25, 0.3) is 0 Å². The maximum atomic E-state index is 12.9. The molecule has 0 bridgehead atoms. The van der Waals surface area contributed by atoms with Crippen LogP contribution in [0.4, 0.5) is 18.9 Å². The van der Waals surface area contributed by atoms with Crippen LogP contribution in [0.3, 0.4) is 0 Å². The van der Waals surface area contributed by atoms with Gasteiger partial charge in [-0.25, -0.2) is 8.42 Å². The molecule has 190 valence electrons. The Bertz CT molecular complexity index is 1180. The number of aldehydes is 1. The highest BCUT2D eigenvalue weighted by molar-refractivity contribution is 7.92. The van der Waals surface area contributed by atoms with Crippen molar-refractivity contribution in [2.75, 3.05) is 18.1 Å². The minimum absolute atomic E-state index is 0.0686. The van der Waals surface area contributed by atoms with Crippen molar-refractivity contribution in [2.45, 2.75) is 38.7 Å². The molecule has 0 saturated carbocycles. The van der Waals surface area contributed by atoms with Crippen LogP contribution >= 0.6 is 0 Å². The Labute approximate surface area is 201 Å². The van der Waals surface area contributed by atoms with Gasteiger partial charge in [0.2, 0.25) is 10.0 Å². The Kier molecular flexibility index (Phi) is 7.93. The van der Waals surface area contributed by atoms with Crippen LogP contribution in [-0.2, 0) is 21.4 Å². The van der Waals surface area contributed by atoms with E-state index >= 15 is 0 Å². The number of nitrogens with one attached hydrogen (secondary N) is 1. The van der Waals surface area contributed by atoms with Gasteiger partial charge in [-0.2, -0.15) is 5.10 Å². The topological polar surface area (TPSA) is 97.3 Å². The molecule has 1 aliphatic heterocycles. The van der Waals surface area contributed by atoms with Crippen LogP contribution in [0, 0.1) is 5.92 Å². The maximum absolute atomic E-state index is 12.9. The van der Waals surface area contributed by atoms with Gasteiger partial charge in [0.15, 0.2) is 11.5 Å². The average Bonchev–Trinajstić information content (AvgIpc) is 2.78. The van der Waals surface area contributed by atoms with Crippen LogP contribution in [-0.4, -0.2) is 51.2 Å². The second kappa shape index (κ2) is 10.5. The quantitative estimate of drug-likeness (QED) is 0.506. The summed E-state index contributed by atoms with van der Waals surface area (Å²) in [7, 11) is -2.17. The highest BCUT2D eigenvalue weighted by Gasteiger charge is 2.34. The molecule has 3 rings (SSSR count). The lowest BCUT2D eigenvalue weighted by Crippen LogP contribution is -2.41. The number of hydrogen-bond donors (Lipinski definition) is 1. The smallest absolute Gasteiger partial charge is 0.493 e. The maximum Gasteiger partial charge on any atom is 0.573 e. The molecule has 0 saturated heterocycles. The van der Waals surface area contributed by atoms with E-state index < -0.39 is 28.2 Å². The zero-order valence-electron chi connectivity index (χ0n) is 19.4. The number of sulfonamides is 1. The van der Waals surface area contributed by atoms with Crippen LogP contribution in [0.1, 0.15) is 30.9 Å². The summed E-state index contributed by atoms with van der Waals surface area (Å²) >= 11 is 0. The van der Waals surface area contributed by atoms with E-state index in [-0.39, 0.29) is 18.2 Å². The number of rotatable bonds is 9. The summed E-state index contributed by atoms with van der Waals surface area (Å²) in [6, 6.07) is 10.3. The number of alkyl halides is 3. The van der Waals surface area contributed by atoms with Crippen molar-refractivity contribution in [3.63, 3.8) is 0 Å². The Balaban J connectivity index is 1.94. The molecule has 0 aromatic heterocycles. The molecular formula is C23H26F3N3O5S. The Morgan fingerprint density at radius 2 is 1.86 bits per heavy atom. The molecule has 2 atom stereocenters. The molecule has 1 N–H and O–H groups in total. The molecule has 8 nitrogen and oxygen atoms in total. The van der Waals surface area contributed by atoms with Gasteiger partial charge in [0.1, 0.15) is 12.3 Å². The van der Waals surface area contributed by atoms with Gasteiger partial charge < -0.3 is 14.3 Å². The van der Waals surface area contributed by atoms with E-state index in [2.05, 4.69) is 14.6 Å². The van der Waals surface area contributed by atoms with E-state index in [9.17, 15) is 26.4 Å². The summed E-state index contributed by atoms with van der Waals surface area (Å²) in [5.41, 5.74) is 2.13. The fourth-order valence-corrected chi connectivity index (χ4v) is 4.43. The van der Waals surface area contributed by atoms with Gasteiger partial charge in [-0.3, -0.25) is 9.73 Å². The number of halogens is 3. The monoisotopic (exact) mass is 513 g/mol. The summed E-state index contributed by atoms with van der Waals surface area (Å²) in [6.07, 6.45) is -1.97. The normalized spacial score (nSPS) is 18.6. The van der Waals surface area contributed by atoms with Gasteiger partial charge in [-0.1, -0.05) is 19.1 Å². The zero-order chi connectivity index (χ0) is 25.8. The number of hydrazone groups is 1. The highest BCUT2D eigenvalue weighted by atomic mass is 32.2. The number of hydrogen-bond acceptors (Lipinski definition) is 7. The van der Waals surface area contributed by atoms with E-state index in [0.29, 0.717) is 29.8 Å². The van der Waals surface area contributed by atoms with Crippen LogP contribution in [0.2, 0.25) is 0 Å². The summed E-state index contributed by atoms with van der Waals surface area (Å²) in [6.45, 7) is 2.16. The lowest BCUT2D eigenvalue weighted by molar-refractivity contribution is -0.275. The van der Waals surface area contributed by atoms with E-state index in [1.165, 1.54) is 19.2 Å². The lowest BCUT2D eigenvalue weighted by Gasteiger charge is -2.35. The molecule has 0 amide bonds. The SMILES string of the molecule is CCC1CC(C=O)N(Cc2ccc(NS(C)(=O)=O)cc2)N=C1c1ccc(OC)c(OC(F)(F)F)c1. The predicted molar refractivity (Wildman–Crippen MR) is 125 cm³/mol. The van der Waals surface area contributed by atoms with Crippen LogP contribution < -0.4 is 14.2 Å². The molecule has 1 aliphatic rings. The minimum atomic E-state index is -4.89. The first kappa shape index (κ1) is 26.3. The summed E-state index contributed by atoms with van der Waals surface area (Å²) in [5.74, 6) is -0.705. The molecule has 2 aromatic carbocycles. The lowest BCUT2D eigenvalue weighted by atomic mass is 9.87. The van der Waals surface area contributed by atoms with Gasteiger partial charge in [0, 0.05) is 17.2 Å². The zero-order valence-corrected chi connectivity index (χ0v) is 20.2. The van der Waals surface area contributed by atoms with Crippen LogP contribution in [0.15, 0.2) is 47.6 Å². The predicted octanol–water partition coefficient (Wildman–Crippen LogP) is 4.17. The molecule has 0 fully saturated rings. The van der Waals surface area contributed by atoms with Gasteiger partial charge in [-0.05, 0) is 48.7 Å². The molecule has 1 heterocycles. The molecule has 35 heavy (non-hydrogen) atoms. The number of nitrogens with zero attached hydrogens (tertiary/aromatic N) is 2. The fourth-order valence-electron chi connectivity index (χ4n) is 3.87. The average molecular weight is 514 g/mol. The van der Waals surface area contributed by atoms with E-state index in [1.807, 2.05) is 6.92 Å². The van der Waals surface area contributed by atoms with E-state index in [1.54, 1.807) is 35.3 Å². The first-order valence-corrected chi connectivity index (χ1v) is 12.6. The molecule has 2 unspecified atom stereocenters. The van der Waals surface area contributed by atoms with Gasteiger partial charge in [-0.15, -0.1) is 13.2 Å². The third kappa shape index (κ3) is 7.10. The van der Waals surface area contributed by atoms with Crippen molar-refractivity contribution in [1.29, 1.82) is 0 Å². The van der Waals surface area contributed by atoms with Crippen LogP contribution in [0.5, 0.6) is 11.5 Å². The summed E-state index contributed by atoms with van der Waals surface area (Å²) in [5, 5.41) is 6.24. The Hall–Kier alpha value is -3.28.